The number of nitrogens with zero attached hydrogens (tertiary/aromatic N) is 2. The van der Waals surface area contributed by atoms with Gasteiger partial charge in [-0.05, 0) is 19.8 Å². The summed E-state index contributed by atoms with van der Waals surface area (Å²) < 4.78 is 10.7. The van der Waals surface area contributed by atoms with E-state index in [1.54, 1.807) is 6.92 Å². The predicted octanol–water partition coefficient (Wildman–Crippen LogP) is 1.71. The van der Waals surface area contributed by atoms with Crippen LogP contribution in [0.15, 0.2) is 4.42 Å². The first kappa shape index (κ1) is 13.9. The quantitative estimate of drug-likeness (QED) is 0.641. The lowest BCUT2D eigenvalue weighted by molar-refractivity contribution is 0.131. The van der Waals surface area contributed by atoms with Crippen molar-refractivity contribution in [2.45, 2.75) is 39.2 Å². The molecule has 1 rings (SSSR count). The Labute approximate surface area is 102 Å². The molecule has 0 bridgehead atoms. The Bertz CT molecular complexity index is 301. The van der Waals surface area contributed by atoms with Gasteiger partial charge in [0.25, 0.3) is 0 Å². The summed E-state index contributed by atoms with van der Waals surface area (Å²) in [5, 5.41) is 10.7. The zero-order valence-corrected chi connectivity index (χ0v) is 10.6. The molecule has 0 spiro atoms. The largest absolute Gasteiger partial charge is 0.406 e. The molecular formula is C11H22N4O2. The SMILES string of the molecule is CCCCOCCCNc1nnc(C(C)N)o1. The van der Waals surface area contributed by atoms with Crippen LogP contribution in [0.1, 0.15) is 45.0 Å². The standard InChI is InChI=1S/C11H22N4O2/c1-3-4-7-16-8-5-6-13-11-15-14-10(17-11)9(2)12/h9H,3-8,12H2,1-2H3,(H,13,15). The van der Waals surface area contributed by atoms with Crippen LogP contribution in [-0.4, -0.2) is 30.0 Å². The first-order valence-corrected chi connectivity index (χ1v) is 6.14. The van der Waals surface area contributed by atoms with Crippen molar-refractivity contribution in [3.8, 4) is 0 Å². The van der Waals surface area contributed by atoms with E-state index in [4.69, 9.17) is 14.9 Å². The molecule has 0 saturated carbocycles. The minimum absolute atomic E-state index is 0.226. The number of aromatic nitrogens is 2. The fourth-order valence-electron chi connectivity index (χ4n) is 1.21. The van der Waals surface area contributed by atoms with Gasteiger partial charge in [0.1, 0.15) is 0 Å². The molecule has 6 nitrogen and oxygen atoms in total. The number of rotatable bonds is 9. The van der Waals surface area contributed by atoms with E-state index in [0.29, 0.717) is 11.9 Å². The number of unbranched alkanes of at least 4 members (excludes halogenated alkanes) is 1. The Balaban J connectivity index is 2.05. The third-order valence-corrected chi connectivity index (χ3v) is 2.21. The average Bonchev–Trinajstić information content (AvgIpc) is 2.77. The third-order valence-electron chi connectivity index (χ3n) is 2.21. The van der Waals surface area contributed by atoms with Crippen LogP contribution in [0.2, 0.25) is 0 Å². The Morgan fingerprint density at radius 2 is 2.12 bits per heavy atom. The lowest BCUT2D eigenvalue weighted by Crippen LogP contribution is -2.06. The van der Waals surface area contributed by atoms with Crippen LogP contribution in [0.25, 0.3) is 0 Å². The van der Waals surface area contributed by atoms with Crippen LogP contribution in [0.3, 0.4) is 0 Å². The number of nitrogens with two attached hydrogens (primary N) is 1. The first-order chi connectivity index (χ1) is 8.24. The number of hydrogen-bond donors (Lipinski definition) is 2. The van der Waals surface area contributed by atoms with Crippen LogP contribution in [0.5, 0.6) is 0 Å². The highest BCUT2D eigenvalue weighted by molar-refractivity contribution is 5.16. The summed E-state index contributed by atoms with van der Waals surface area (Å²) >= 11 is 0. The molecule has 98 valence electrons. The van der Waals surface area contributed by atoms with E-state index in [1.165, 1.54) is 6.42 Å². The van der Waals surface area contributed by atoms with Gasteiger partial charge in [-0.2, -0.15) is 0 Å². The van der Waals surface area contributed by atoms with Gasteiger partial charge < -0.3 is 20.2 Å². The molecule has 1 atom stereocenters. The summed E-state index contributed by atoms with van der Waals surface area (Å²) in [7, 11) is 0. The summed E-state index contributed by atoms with van der Waals surface area (Å²) in [6, 6.07) is 0.196. The molecule has 17 heavy (non-hydrogen) atoms. The molecule has 0 aliphatic rings. The van der Waals surface area contributed by atoms with E-state index in [-0.39, 0.29) is 6.04 Å². The molecule has 0 radical (unpaired) electrons. The van der Waals surface area contributed by atoms with Crippen molar-refractivity contribution in [1.29, 1.82) is 0 Å². The van der Waals surface area contributed by atoms with E-state index in [2.05, 4.69) is 22.4 Å². The van der Waals surface area contributed by atoms with Gasteiger partial charge in [-0.1, -0.05) is 18.4 Å². The fourth-order valence-corrected chi connectivity index (χ4v) is 1.21. The van der Waals surface area contributed by atoms with E-state index in [1.807, 2.05) is 0 Å². The highest BCUT2D eigenvalue weighted by Crippen LogP contribution is 2.10. The molecule has 6 heteroatoms. The summed E-state index contributed by atoms with van der Waals surface area (Å²) in [5.74, 6) is 0.451. The molecule has 0 amide bonds. The van der Waals surface area contributed by atoms with Gasteiger partial charge in [0.15, 0.2) is 0 Å². The minimum atomic E-state index is -0.226. The number of nitrogens with one attached hydrogen (secondary N) is 1. The zero-order chi connectivity index (χ0) is 12.5. The van der Waals surface area contributed by atoms with E-state index in [0.717, 1.165) is 32.6 Å². The Kier molecular flexibility index (Phi) is 6.57. The lowest BCUT2D eigenvalue weighted by atomic mass is 10.4. The highest BCUT2D eigenvalue weighted by atomic mass is 16.5. The Morgan fingerprint density at radius 3 is 2.76 bits per heavy atom. The van der Waals surface area contributed by atoms with E-state index < -0.39 is 0 Å². The van der Waals surface area contributed by atoms with Gasteiger partial charge in [0.2, 0.25) is 5.89 Å². The van der Waals surface area contributed by atoms with Crippen LogP contribution in [0, 0.1) is 0 Å². The van der Waals surface area contributed by atoms with Gasteiger partial charge in [0.05, 0.1) is 6.04 Å². The lowest BCUT2D eigenvalue weighted by Gasteiger charge is -2.03. The van der Waals surface area contributed by atoms with Crippen LogP contribution in [-0.2, 0) is 4.74 Å². The van der Waals surface area contributed by atoms with E-state index in [9.17, 15) is 0 Å². The van der Waals surface area contributed by atoms with Gasteiger partial charge >= 0.3 is 6.01 Å². The second-order valence-corrected chi connectivity index (χ2v) is 3.98. The molecule has 0 fully saturated rings. The number of ether oxygens (including phenoxy) is 1. The Morgan fingerprint density at radius 1 is 1.35 bits per heavy atom. The van der Waals surface area contributed by atoms with E-state index >= 15 is 0 Å². The Hall–Kier alpha value is -1.14. The van der Waals surface area contributed by atoms with Gasteiger partial charge in [-0.25, -0.2) is 0 Å². The maximum Gasteiger partial charge on any atom is 0.315 e. The third kappa shape index (κ3) is 5.65. The molecule has 1 heterocycles. The van der Waals surface area contributed by atoms with Crippen molar-refractivity contribution in [2.75, 3.05) is 25.1 Å². The molecule has 0 saturated heterocycles. The predicted molar refractivity (Wildman–Crippen MR) is 65.7 cm³/mol. The molecule has 1 aromatic heterocycles. The summed E-state index contributed by atoms with van der Waals surface area (Å²) in [4.78, 5) is 0. The van der Waals surface area contributed by atoms with Crippen molar-refractivity contribution in [3.05, 3.63) is 5.89 Å². The zero-order valence-electron chi connectivity index (χ0n) is 10.6. The molecule has 3 N–H and O–H groups in total. The molecule has 0 aliphatic carbocycles. The van der Waals surface area contributed by atoms with Crippen molar-refractivity contribution in [3.63, 3.8) is 0 Å². The molecular weight excluding hydrogens is 220 g/mol. The topological polar surface area (TPSA) is 86.2 Å². The van der Waals surface area contributed by atoms with Crippen molar-refractivity contribution >= 4 is 6.01 Å². The van der Waals surface area contributed by atoms with Gasteiger partial charge in [-0.3, -0.25) is 0 Å². The molecule has 0 aromatic carbocycles. The summed E-state index contributed by atoms with van der Waals surface area (Å²) in [6.45, 7) is 6.30. The summed E-state index contributed by atoms with van der Waals surface area (Å²) in [5.41, 5.74) is 5.61. The average molecular weight is 242 g/mol. The van der Waals surface area contributed by atoms with Crippen molar-refractivity contribution in [2.24, 2.45) is 5.73 Å². The fraction of sp³-hybridized carbons (Fsp3) is 0.818. The maximum absolute atomic E-state index is 5.61. The second kappa shape index (κ2) is 8.03. The monoisotopic (exact) mass is 242 g/mol. The maximum atomic E-state index is 5.61. The first-order valence-electron chi connectivity index (χ1n) is 6.14. The minimum Gasteiger partial charge on any atom is -0.406 e. The van der Waals surface area contributed by atoms with Crippen LogP contribution in [0.4, 0.5) is 6.01 Å². The van der Waals surface area contributed by atoms with Gasteiger partial charge in [-0.15, -0.1) is 5.10 Å². The van der Waals surface area contributed by atoms with Crippen LogP contribution < -0.4 is 11.1 Å². The van der Waals surface area contributed by atoms with Crippen LogP contribution >= 0.6 is 0 Å². The molecule has 1 aromatic rings. The molecule has 1 unspecified atom stereocenters. The van der Waals surface area contributed by atoms with Crippen molar-refractivity contribution in [1.82, 2.24) is 10.2 Å². The smallest absolute Gasteiger partial charge is 0.315 e. The number of hydrogen-bond acceptors (Lipinski definition) is 6. The normalized spacial score (nSPS) is 12.6. The second-order valence-electron chi connectivity index (χ2n) is 3.98. The summed E-state index contributed by atoms with van der Waals surface area (Å²) in [6.07, 6.45) is 3.20. The highest BCUT2D eigenvalue weighted by Gasteiger charge is 2.08. The number of anilines is 1. The van der Waals surface area contributed by atoms with Crippen molar-refractivity contribution < 1.29 is 9.15 Å². The van der Waals surface area contributed by atoms with Gasteiger partial charge in [0, 0.05) is 19.8 Å². The molecule has 0 aliphatic heterocycles.